The predicted octanol–water partition coefficient (Wildman–Crippen LogP) is 1.11. The number of amides is 1. The van der Waals surface area contributed by atoms with E-state index in [4.69, 9.17) is 9.47 Å². The number of carbonyl (C=O) groups is 1. The molecule has 0 aromatic carbocycles. The largest absolute Gasteiger partial charge is 0.377 e. The Labute approximate surface area is 152 Å². The molecule has 7 nitrogen and oxygen atoms in total. The summed E-state index contributed by atoms with van der Waals surface area (Å²) in [6.45, 7) is 3.92. The molecule has 2 aliphatic heterocycles. The third-order valence-corrected chi connectivity index (χ3v) is 4.76. The number of hydrogen-bond donors (Lipinski definition) is 0. The second-order valence-electron chi connectivity index (χ2n) is 6.76. The van der Waals surface area contributed by atoms with Crippen molar-refractivity contribution in [3.05, 3.63) is 54.5 Å². The van der Waals surface area contributed by atoms with Gasteiger partial charge in [-0.15, -0.1) is 0 Å². The quantitative estimate of drug-likeness (QED) is 0.823. The maximum atomic E-state index is 12.4. The smallest absolute Gasteiger partial charge is 0.254 e. The zero-order valence-electron chi connectivity index (χ0n) is 14.6. The fourth-order valence-corrected chi connectivity index (χ4v) is 3.49. The molecule has 4 rings (SSSR count). The van der Waals surface area contributed by atoms with E-state index in [0.29, 0.717) is 32.1 Å². The minimum absolute atomic E-state index is 0.0447. The minimum atomic E-state index is -0.547. The second-order valence-corrected chi connectivity index (χ2v) is 6.76. The molecule has 136 valence electrons. The Bertz CT molecular complexity index is 743. The number of carbonyl (C=O) groups excluding carboxylic acids is 1. The Hall–Kier alpha value is -2.35. The van der Waals surface area contributed by atoms with Crippen LogP contribution in [0.2, 0.25) is 0 Å². The van der Waals surface area contributed by atoms with Crippen LogP contribution in [0.15, 0.2) is 48.9 Å². The third kappa shape index (κ3) is 3.75. The first-order chi connectivity index (χ1) is 12.7. The van der Waals surface area contributed by atoms with E-state index in [1.54, 1.807) is 23.5 Å². The maximum absolute atomic E-state index is 12.4. The molecule has 2 fully saturated rings. The molecule has 26 heavy (non-hydrogen) atoms. The van der Waals surface area contributed by atoms with E-state index in [9.17, 15) is 4.79 Å². The lowest BCUT2D eigenvalue weighted by atomic mass is 10.0. The van der Waals surface area contributed by atoms with Crippen molar-refractivity contribution >= 4 is 11.7 Å². The van der Waals surface area contributed by atoms with Crippen molar-refractivity contribution in [2.45, 2.75) is 12.1 Å². The molecular weight excluding hydrogens is 332 g/mol. The van der Waals surface area contributed by atoms with Crippen LogP contribution in [0.4, 0.5) is 5.82 Å². The van der Waals surface area contributed by atoms with E-state index < -0.39 is 5.60 Å². The van der Waals surface area contributed by atoms with E-state index in [-0.39, 0.29) is 12.5 Å². The first-order valence-corrected chi connectivity index (χ1v) is 8.79. The van der Waals surface area contributed by atoms with Crippen LogP contribution in [0.1, 0.15) is 5.56 Å². The average molecular weight is 354 g/mol. The van der Waals surface area contributed by atoms with Gasteiger partial charge >= 0.3 is 0 Å². The normalized spacial score (nSPS) is 24.6. The number of rotatable bonds is 3. The summed E-state index contributed by atoms with van der Waals surface area (Å²) < 4.78 is 11.9. The fourth-order valence-electron chi connectivity index (χ4n) is 3.49. The van der Waals surface area contributed by atoms with Gasteiger partial charge in [-0.3, -0.25) is 19.6 Å². The van der Waals surface area contributed by atoms with Gasteiger partial charge in [0.05, 0.1) is 19.8 Å². The second kappa shape index (κ2) is 7.49. The van der Waals surface area contributed by atoms with E-state index in [0.717, 1.165) is 13.1 Å². The third-order valence-electron chi connectivity index (χ3n) is 4.76. The lowest BCUT2D eigenvalue weighted by Gasteiger charge is -2.42. The van der Waals surface area contributed by atoms with Gasteiger partial charge in [0.1, 0.15) is 18.0 Å². The van der Waals surface area contributed by atoms with E-state index >= 15 is 0 Å². The zero-order valence-corrected chi connectivity index (χ0v) is 14.6. The molecule has 0 bridgehead atoms. The van der Waals surface area contributed by atoms with E-state index in [1.165, 1.54) is 5.56 Å². The molecule has 1 amide bonds. The Morgan fingerprint density at radius 2 is 2.00 bits per heavy atom. The van der Waals surface area contributed by atoms with Crippen molar-refractivity contribution < 1.29 is 14.3 Å². The van der Waals surface area contributed by atoms with E-state index in [1.807, 2.05) is 30.3 Å². The van der Waals surface area contributed by atoms with Gasteiger partial charge in [0.25, 0.3) is 5.91 Å². The number of nitrogens with zero attached hydrogens (tertiary/aromatic N) is 4. The molecule has 2 aromatic heterocycles. The molecular formula is C19H22N4O3. The molecule has 7 heteroatoms. The van der Waals surface area contributed by atoms with Gasteiger partial charge in [-0.05, 0) is 29.8 Å². The standard InChI is InChI=1S/C19H22N4O3/c24-18-12-26-19(14-23(18)17-3-1-2-6-21-17)13-22(9-10-25-15-19)11-16-4-7-20-8-5-16/h1-8H,9-15H2/t19-/m1/s1. The summed E-state index contributed by atoms with van der Waals surface area (Å²) in [5.41, 5.74) is 0.653. The molecule has 1 spiro atoms. The van der Waals surface area contributed by atoms with Gasteiger partial charge in [0.15, 0.2) is 0 Å². The van der Waals surface area contributed by atoms with Crippen molar-refractivity contribution in [3.8, 4) is 0 Å². The van der Waals surface area contributed by atoms with Crippen LogP contribution in [-0.4, -0.2) is 65.8 Å². The highest BCUT2D eigenvalue weighted by Crippen LogP contribution is 2.26. The van der Waals surface area contributed by atoms with Gasteiger partial charge in [0.2, 0.25) is 0 Å². The molecule has 2 saturated heterocycles. The highest BCUT2D eigenvalue weighted by molar-refractivity contribution is 5.94. The zero-order chi connectivity index (χ0) is 17.8. The summed E-state index contributed by atoms with van der Waals surface area (Å²) in [7, 11) is 0. The van der Waals surface area contributed by atoms with Gasteiger partial charge in [-0.25, -0.2) is 4.98 Å². The van der Waals surface area contributed by atoms with Crippen LogP contribution >= 0.6 is 0 Å². The summed E-state index contributed by atoms with van der Waals surface area (Å²) in [6, 6.07) is 9.61. The van der Waals surface area contributed by atoms with Crippen LogP contribution < -0.4 is 4.90 Å². The number of ether oxygens (including phenoxy) is 2. The van der Waals surface area contributed by atoms with Crippen LogP contribution in [0.25, 0.3) is 0 Å². The molecule has 0 saturated carbocycles. The van der Waals surface area contributed by atoms with Crippen molar-refractivity contribution in [2.75, 3.05) is 44.4 Å². The van der Waals surface area contributed by atoms with E-state index in [2.05, 4.69) is 14.9 Å². The highest BCUT2D eigenvalue weighted by Gasteiger charge is 2.43. The molecule has 0 unspecified atom stereocenters. The number of pyridine rings is 2. The topological polar surface area (TPSA) is 67.8 Å². The van der Waals surface area contributed by atoms with Crippen molar-refractivity contribution in [3.63, 3.8) is 0 Å². The number of anilines is 1. The summed E-state index contributed by atoms with van der Waals surface area (Å²) >= 11 is 0. The molecule has 0 radical (unpaired) electrons. The van der Waals surface area contributed by atoms with Crippen molar-refractivity contribution in [1.29, 1.82) is 0 Å². The molecule has 0 aliphatic carbocycles. The van der Waals surface area contributed by atoms with Gasteiger partial charge < -0.3 is 9.47 Å². The minimum Gasteiger partial charge on any atom is -0.377 e. The lowest BCUT2D eigenvalue weighted by Crippen LogP contribution is -2.60. The van der Waals surface area contributed by atoms with Crippen molar-refractivity contribution in [2.24, 2.45) is 0 Å². The fraction of sp³-hybridized carbons (Fsp3) is 0.421. The highest BCUT2D eigenvalue weighted by atomic mass is 16.6. The van der Waals surface area contributed by atoms with Gasteiger partial charge in [-0.2, -0.15) is 0 Å². The first-order valence-electron chi connectivity index (χ1n) is 8.79. The summed E-state index contributed by atoms with van der Waals surface area (Å²) in [5, 5.41) is 0. The van der Waals surface area contributed by atoms with Crippen LogP contribution in [0, 0.1) is 0 Å². The number of morpholine rings is 1. The summed E-state index contributed by atoms with van der Waals surface area (Å²) in [5.74, 6) is 0.587. The number of aromatic nitrogens is 2. The molecule has 2 aliphatic rings. The Morgan fingerprint density at radius 3 is 2.81 bits per heavy atom. The lowest BCUT2D eigenvalue weighted by molar-refractivity contribution is -0.146. The van der Waals surface area contributed by atoms with Crippen LogP contribution in [0.5, 0.6) is 0 Å². The first kappa shape index (κ1) is 17.1. The van der Waals surface area contributed by atoms with Crippen molar-refractivity contribution in [1.82, 2.24) is 14.9 Å². The molecule has 0 N–H and O–H groups in total. The van der Waals surface area contributed by atoms with Crippen LogP contribution in [0.3, 0.4) is 0 Å². The Balaban J connectivity index is 1.53. The molecule has 4 heterocycles. The van der Waals surface area contributed by atoms with Gasteiger partial charge in [0, 0.05) is 38.2 Å². The predicted molar refractivity (Wildman–Crippen MR) is 95.6 cm³/mol. The molecule has 1 atom stereocenters. The monoisotopic (exact) mass is 354 g/mol. The Kier molecular flexibility index (Phi) is 4.92. The number of hydrogen-bond acceptors (Lipinski definition) is 6. The Morgan fingerprint density at radius 1 is 1.12 bits per heavy atom. The SMILES string of the molecule is O=C1CO[C@@]2(COCCN(Cc3ccncc3)C2)CN1c1ccccn1. The van der Waals surface area contributed by atoms with Crippen LogP contribution in [-0.2, 0) is 20.8 Å². The average Bonchev–Trinajstić information content (AvgIpc) is 2.88. The van der Waals surface area contributed by atoms with Gasteiger partial charge in [-0.1, -0.05) is 6.07 Å². The summed E-state index contributed by atoms with van der Waals surface area (Å²) in [6.07, 6.45) is 5.31. The maximum Gasteiger partial charge on any atom is 0.254 e. The molecule has 2 aromatic rings. The summed E-state index contributed by atoms with van der Waals surface area (Å²) in [4.78, 5) is 24.8.